The lowest BCUT2D eigenvalue weighted by Gasteiger charge is -2.33. The third-order valence-corrected chi connectivity index (χ3v) is 8.45. The van der Waals surface area contributed by atoms with Crippen molar-refractivity contribution in [2.75, 3.05) is 0 Å². The minimum Gasteiger partial charge on any atom is -0.339 e. The summed E-state index contributed by atoms with van der Waals surface area (Å²) in [4.78, 5) is 21.1. The lowest BCUT2D eigenvalue weighted by molar-refractivity contribution is -0.125. The monoisotopic (exact) mass is 516 g/mol. The normalized spacial score (nSPS) is 20.7. The van der Waals surface area contributed by atoms with Gasteiger partial charge in [0.1, 0.15) is 17.2 Å². The van der Waals surface area contributed by atoms with Crippen molar-refractivity contribution in [2.24, 2.45) is 17.8 Å². The van der Waals surface area contributed by atoms with Gasteiger partial charge in [-0.2, -0.15) is 0 Å². The molecular weight excluding hydrogens is 483 g/mol. The number of H-pyrrole nitrogens is 1. The molecule has 5 rings (SSSR count). The van der Waals surface area contributed by atoms with Crippen LogP contribution in [0.15, 0.2) is 66.9 Å². The number of rotatable bonds is 8. The summed E-state index contributed by atoms with van der Waals surface area (Å²) in [5, 5.41) is 1.88. The van der Waals surface area contributed by atoms with Crippen molar-refractivity contribution >= 4 is 28.4 Å². The summed E-state index contributed by atoms with van der Waals surface area (Å²) in [5.74, 6) is 1.62. The van der Waals surface area contributed by atoms with E-state index in [0.717, 1.165) is 59.4 Å². The van der Waals surface area contributed by atoms with E-state index in [2.05, 4.69) is 42.0 Å². The van der Waals surface area contributed by atoms with Crippen molar-refractivity contribution in [2.45, 2.75) is 58.3 Å². The molecule has 2 unspecified atom stereocenters. The quantitative estimate of drug-likeness (QED) is 0.254. The van der Waals surface area contributed by atoms with Gasteiger partial charge in [-0.15, -0.1) is 0 Å². The molecule has 37 heavy (non-hydrogen) atoms. The van der Waals surface area contributed by atoms with Crippen LogP contribution in [0, 0.1) is 23.6 Å². The van der Waals surface area contributed by atoms with Crippen LogP contribution in [-0.2, 0) is 11.2 Å². The van der Waals surface area contributed by atoms with Crippen LogP contribution >= 0.6 is 11.6 Å². The van der Waals surface area contributed by atoms with Gasteiger partial charge in [0.25, 0.3) is 0 Å². The molecule has 1 fully saturated rings. The van der Waals surface area contributed by atoms with Crippen molar-refractivity contribution in [1.29, 1.82) is 0 Å². The summed E-state index contributed by atoms with van der Waals surface area (Å²) in [5.41, 5.74) is 5.25. The van der Waals surface area contributed by atoms with Crippen molar-refractivity contribution in [3.8, 4) is 11.3 Å². The SMILES string of the molecule is C[C@H](CCC(=O)C1CCC(Cc2ccnc3[nH]c(-c4ccc(F)cc4)cc23)C[C@H]1C)c1cccc(Cl)c1. The van der Waals surface area contributed by atoms with Crippen molar-refractivity contribution in [1.82, 2.24) is 9.97 Å². The molecule has 2 aromatic heterocycles. The largest absolute Gasteiger partial charge is 0.339 e. The maximum Gasteiger partial charge on any atom is 0.137 e. The van der Waals surface area contributed by atoms with Gasteiger partial charge in [0.05, 0.1) is 0 Å². The van der Waals surface area contributed by atoms with Gasteiger partial charge in [-0.05, 0) is 115 Å². The fourth-order valence-corrected chi connectivity index (χ4v) is 6.25. The molecule has 1 aliphatic rings. The third kappa shape index (κ3) is 5.96. The van der Waals surface area contributed by atoms with E-state index in [9.17, 15) is 9.18 Å². The Morgan fingerprint density at radius 1 is 1.14 bits per heavy atom. The highest BCUT2D eigenvalue weighted by Crippen LogP contribution is 2.38. The first-order valence-electron chi connectivity index (χ1n) is 13.4. The van der Waals surface area contributed by atoms with E-state index in [-0.39, 0.29) is 11.7 Å². The van der Waals surface area contributed by atoms with Crippen molar-refractivity contribution in [3.05, 3.63) is 88.8 Å². The number of nitrogens with zero attached hydrogens (tertiary/aromatic N) is 1. The maximum atomic E-state index is 13.4. The minimum absolute atomic E-state index is 0.164. The van der Waals surface area contributed by atoms with Crippen LogP contribution in [0.1, 0.15) is 63.0 Å². The van der Waals surface area contributed by atoms with E-state index in [1.165, 1.54) is 23.3 Å². The Kier molecular flexibility index (Phi) is 7.76. The van der Waals surface area contributed by atoms with E-state index in [1.54, 1.807) is 12.1 Å². The van der Waals surface area contributed by atoms with Gasteiger partial charge in [0.15, 0.2) is 0 Å². The standard InChI is InChI=1S/C32H34ClFN2O/c1-20(24-4-3-5-26(33)18-24)6-13-31(37)28-12-7-22(16-21(28)2)17-25-14-15-35-32-29(25)19-30(36-32)23-8-10-27(34)11-9-23/h3-5,8-11,14-15,18-22,28H,6-7,12-13,16-17H2,1-2H3,(H,35,36)/t20-,21-,22?,28?/m1/s1. The highest BCUT2D eigenvalue weighted by atomic mass is 35.5. The highest BCUT2D eigenvalue weighted by Gasteiger charge is 2.32. The second-order valence-electron chi connectivity index (χ2n) is 10.9. The number of ketones is 1. The number of carbonyl (C=O) groups is 1. The lowest BCUT2D eigenvalue weighted by Crippen LogP contribution is -2.30. The summed E-state index contributed by atoms with van der Waals surface area (Å²) in [6.07, 6.45) is 7.46. The zero-order valence-electron chi connectivity index (χ0n) is 21.5. The molecule has 0 aliphatic heterocycles. The molecule has 0 radical (unpaired) electrons. The molecule has 1 aliphatic carbocycles. The summed E-state index contributed by atoms with van der Waals surface area (Å²) in [6, 6.07) is 18.8. The Morgan fingerprint density at radius 2 is 1.95 bits per heavy atom. The number of fused-ring (bicyclic) bond motifs is 1. The van der Waals surface area contributed by atoms with E-state index in [1.807, 2.05) is 24.4 Å². The molecule has 0 bridgehead atoms. The molecule has 4 atom stereocenters. The average Bonchev–Trinajstić information content (AvgIpc) is 3.33. The Labute approximate surface area is 223 Å². The summed E-state index contributed by atoms with van der Waals surface area (Å²) >= 11 is 6.15. The number of aromatic amines is 1. The van der Waals surface area contributed by atoms with Crippen LogP contribution < -0.4 is 0 Å². The van der Waals surface area contributed by atoms with Crippen LogP contribution in [0.25, 0.3) is 22.3 Å². The van der Waals surface area contributed by atoms with Gasteiger partial charge in [0, 0.05) is 34.6 Å². The first-order chi connectivity index (χ1) is 17.9. The predicted octanol–water partition coefficient (Wildman–Crippen LogP) is 8.77. The molecule has 2 aromatic carbocycles. The van der Waals surface area contributed by atoms with Gasteiger partial charge < -0.3 is 4.98 Å². The molecule has 0 spiro atoms. The first kappa shape index (κ1) is 25.7. The number of Topliss-reactive ketones (excluding diaryl/α,β-unsaturated/α-hetero) is 1. The molecule has 0 saturated heterocycles. The van der Waals surface area contributed by atoms with Crippen molar-refractivity contribution in [3.63, 3.8) is 0 Å². The number of hydrogen-bond acceptors (Lipinski definition) is 2. The highest BCUT2D eigenvalue weighted by molar-refractivity contribution is 6.30. The number of benzene rings is 2. The zero-order valence-corrected chi connectivity index (χ0v) is 22.3. The van der Waals surface area contributed by atoms with Crippen LogP contribution in [-0.4, -0.2) is 15.8 Å². The summed E-state index contributed by atoms with van der Waals surface area (Å²) in [7, 11) is 0. The zero-order chi connectivity index (χ0) is 25.9. The molecule has 1 N–H and O–H groups in total. The van der Waals surface area contributed by atoms with Gasteiger partial charge in [-0.3, -0.25) is 4.79 Å². The second kappa shape index (κ2) is 11.2. The van der Waals surface area contributed by atoms with E-state index >= 15 is 0 Å². The van der Waals surface area contributed by atoms with E-state index in [0.29, 0.717) is 30.0 Å². The van der Waals surface area contributed by atoms with Crippen LogP contribution in [0.4, 0.5) is 4.39 Å². The Hall–Kier alpha value is -2.98. The average molecular weight is 517 g/mol. The van der Waals surface area contributed by atoms with Gasteiger partial charge in [-0.25, -0.2) is 9.37 Å². The van der Waals surface area contributed by atoms with Gasteiger partial charge >= 0.3 is 0 Å². The number of hydrogen-bond donors (Lipinski definition) is 1. The van der Waals surface area contributed by atoms with Crippen LogP contribution in [0.2, 0.25) is 5.02 Å². The molecule has 4 aromatic rings. The van der Waals surface area contributed by atoms with E-state index in [4.69, 9.17) is 11.6 Å². The summed E-state index contributed by atoms with van der Waals surface area (Å²) < 4.78 is 13.4. The molecule has 1 saturated carbocycles. The van der Waals surface area contributed by atoms with Gasteiger partial charge in [0.2, 0.25) is 0 Å². The van der Waals surface area contributed by atoms with Crippen LogP contribution in [0.5, 0.6) is 0 Å². The summed E-state index contributed by atoms with van der Waals surface area (Å²) in [6.45, 7) is 4.43. The molecule has 192 valence electrons. The first-order valence-corrected chi connectivity index (χ1v) is 13.8. The second-order valence-corrected chi connectivity index (χ2v) is 11.3. The number of pyridine rings is 1. The predicted molar refractivity (Wildman–Crippen MR) is 149 cm³/mol. The molecule has 2 heterocycles. The number of nitrogens with one attached hydrogen (secondary N) is 1. The Bertz CT molecular complexity index is 1380. The lowest BCUT2D eigenvalue weighted by atomic mass is 9.70. The Balaban J connectivity index is 1.20. The third-order valence-electron chi connectivity index (χ3n) is 8.22. The topological polar surface area (TPSA) is 45.8 Å². The van der Waals surface area contributed by atoms with Gasteiger partial charge in [-0.1, -0.05) is 37.6 Å². The molecule has 5 heteroatoms. The molecular formula is C32H34ClFN2O. The minimum atomic E-state index is -0.238. The smallest absolute Gasteiger partial charge is 0.137 e. The number of halogens is 2. The Morgan fingerprint density at radius 3 is 2.70 bits per heavy atom. The van der Waals surface area contributed by atoms with E-state index < -0.39 is 0 Å². The number of aromatic nitrogens is 2. The van der Waals surface area contributed by atoms with Crippen molar-refractivity contribution < 1.29 is 9.18 Å². The maximum absolute atomic E-state index is 13.4. The molecule has 0 amide bonds. The van der Waals surface area contributed by atoms with Crippen LogP contribution in [0.3, 0.4) is 0 Å². The fourth-order valence-electron chi connectivity index (χ4n) is 6.05. The fraction of sp³-hybridized carbons (Fsp3) is 0.375. The molecule has 3 nitrogen and oxygen atoms in total. The number of carbonyl (C=O) groups excluding carboxylic acids is 1.